The molecule has 2 atom stereocenters. The molecule has 0 aromatic carbocycles. The second-order valence-corrected chi connectivity index (χ2v) is 10.8. The molecule has 0 heterocycles. The van der Waals surface area contributed by atoms with Crippen molar-refractivity contribution in [2.24, 2.45) is 0 Å². The van der Waals surface area contributed by atoms with E-state index in [1.165, 1.54) is 38.5 Å². The molecule has 2 N–H and O–H groups in total. The average Bonchev–Trinajstić information content (AvgIpc) is 3.00. The monoisotopic (exact) mass is 600 g/mol. The highest BCUT2D eigenvalue weighted by Crippen LogP contribution is 2.11. The quantitative estimate of drug-likeness (QED) is 0.0403. The first-order valence-corrected chi connectivity index (χ1v) is 16.6. The van der Waals surface area contributed by atoms with Gasteiger partial charge in [-0.25, -0.2) is 0 Å². The molecule has 0 bridgehead atoms. The summed E-state index contributed by atoms with van der Waals surface area (Å²) in [6, 6.07) is 0. The topological polar surface area (TPSA) is 93.1 Å². The van der Waals surface area contributed by atoms with Crippen molar-refractivity contribution >= 4 is 11.9 Å². The van der Waals surface area contributed by atoms with Crippen molar-refractivity contribution in [1.29, 1.82) is 0 Å². The molecular formula is C37H60O6. The molecular weight excluding hydrogens is 540 g/mol. The summed E-state index contributed by atoms with van der Waals surface area (Å²) in [6.45, 7) is 4.00. The van der Waals surface area contributed by atoms with Gasteiger partial charge in [0, 0.05) is 12.8 Å². The summed E-state index contributed by atoms with van der Waals surface area (Å²) in [6.07, 6.45) is 38.5. The number of allylic oxidation sites excluding steroid dienone is 10. The Morgan fingerprint density at radius 1 is 0.605 bits per heavy atom. The van der Waals surface area contributed by atoms with Crippen molar-refractivity contribution in [2.45, 2.75) is 135 Å². The Kier molecular flexibility index (Phi) is 30.2. The van der Waals surface area contributed by atoms with Crippen molar-refractivity contribution < 1.29 is 29.3 Å². The fourth-order valence-electron chi connectivity index (χ4n) is 4.02. The highest BCUT2D eigenvalue weighted by Gasteiger charge is 2.11. The normalized spacial score (nSPS) is 13.9. The van der Waals surface area contributed by atoms with Crippen LogP contribution in [0.1, 0.15) is 123 Å². The Bertz CT molecular complexity index is 836. The van der Waals surface area contributed by atoms with E-state index in [1.807, 2.05) is 36.5 Å². The van der Waals surface area contributed by atoms with E-state index in [0.717, 1.165) is 44.9 Å². The molecule has 0 aliphatic carbocycles. The lowest BCUT2D eigenvalue weighted by Gasteiger charge is -2.12. The molecule has 43 heavy (non-hydrogen) atoms. The third kappa shape index (κ3) is 32.1. The third-order valence-electron chi connectivity index (χ3n) is 6.55. The zero-order valence-electron chi connectivity index (χ0n) is 27.0. The van der Waals surface area contributed by atoms with Crippen LogP contribution in [0.3, 0.4) is 0 Å². The molecule has 6 nitrogen and oxygen atoms in total. The van der Waals surface area contributed by atoms with Crippen LogP contribution in [0.5, 0.6) is 0 Å². The van der Waals surface area contributed by atoms with E-state index in [1.54, 1.807) is 6.08 Å². The van der Waals surface area contributed by atoms with Gasteiger partial charge in [-0.2, -0.15) is 0 Å². The van der Waals surface area contributed by atoms with Gasteiger partial charge in [-0.1, -0.05) is 138 Å². The van der Waals surface area contributed by atoms with Crippen molar-refractivity contribution in [2.75, 3.05) is 13.2 Å². The fourth-order valence-corrected chi connectivity index (χ4v) is 4.02. The summed E-state index contributed by atoms with van der Waals surface area (Å²) < 4.78 is 10.2. The Morgan fingerprint density at radius 2 is 1.14 bits per heavy atom. The largest absolute Gasteiger partial charge is 0.463 e. The molecule has 6 heteroatoms. The smallest absolute Gasteiger partial charge is 0.306 e. The zero-order chi connectivity index (χ0) is 31.6. The Hall–Kier alpha value is -2.70. The van der Waals surface area contributed by atoms with Gasteiger partial charge < -0.3 is 19.7 Å². The highest BCUT2D eigenvalue weighted by atomic mass is 16.6. The first kappa shape index (κ1) is 40.3. The van der Waals surface area contributed by atoms with E-state index >= 15 is 0 Å². The highest BCUT2D eigenvalue weighted by molar-refractivity contribution is 5.70. The number of hydrogen-bond donors (Lipinski definition) is 2. The van der Waals surface area contributed by atoms with E-state index in [2.05, 4.69) is 44.2 Å². The first-order valence-electron chi connectivity index (χ1n) is 16.6. The average molecular weight is 601 g/mol. The minimum absolute atomic E-state index is 0.155. The minimum atomic E-state index is -1.01. The third-order valence-corrected chi connectivity index (χ3v) is 6.55. The van der Waals surface area contributed by atoms with Crippen molar-refractivity contribution in [1.82, 2.24) is 0 Å². The Balaban J connectivity index is 3.73. The van der Waals surface area contributed by atoms with Crippen LogP contribution in [-0.2, 0) is 19.1 Å². The predicted molar refractivity (Wildman–Crippen MR) is 179 cm³/mol. The molecule has 0 aromatic rings. The molecule has 0 radical (unpaired) electrons. The van der Waals surface area contributed by atoms with Gasteiger partial charge >= 0.3 is 11.9 Å². The van der Waals surface area contributed by atoms with Crippen LogP contribution in [0.25, 0.3) is 0 Å². The summed E-state index contributed by atoms with van der Waals surface area (Å²) in [5, 5.41) is 19.8. The van der Waals surface area contributed by atoms with Crippen LogP contribution in [0, 0.1) is 0 Å². The second-order valence-electron chi connectivity index (χ2n) is 10.8. The predicted octanol–water partition coefficient (Wildman–Crippen LogP) is 8.80. The fraction of sp³-hybridized carbons (Fsp3) is 0.622. The van der Waals surface area contributed by atoms with E-state index in [0.29, 0.717) is 19.3 Å². The number of carbonyl (C=O) groups excluding carboxylic acids is 2. The number of aliphatic hydroxyl groups is 2. The summed E-state index contributed by atoms with van der Waals surface area (Å²) in [7, 11) is 0. The number of unbranched alkanes of at least 4 members (excludes halogenated alkanes) is 8. The number of esters is 2. The maximum Gasteiger partial charge on any atom is 0.306 e. The van der Waals surface area contributed by atoms with Gasteiger partial charge in [0.1, 0.15) is 19.3 Å². The van der Waals surface area contributed by atoms with Gasteiger partial charge in [-0.05, 0) is 44.9 Å². The summed E-state index contributed by atoms with van der Waals surface area (Å²) in [4.78, 5) is 23.7. The lowest BCUT2D eigenvalue weighted by molar-refractivity contribution is -0.152. The molecule has 0 aliphatic heterocycles. The van der Waals surface area contributed by atoms with Gasteiger partial charge in [0.25, 0.3) is 0 Å². The van der Waals surface area contributed by atoms with Gasteiger partial charge in [0.15, 0.2) is 0 Å². The molecule has 0 saturated carbocycles. The van der Waals surface area contributed by atoms with Crippen LogP contribution in [-0.4, -0.2) is 47.6 Å². The first-order chi connectivity index (χ1) is 21.0. The van der Waals surface area contributed by atoms with Crippen LogP contribution in [0.15, 0.2) is 72.9 Å². The van der Waals surface area contributed by atoms with Gasteiger partial charge in [-0.15, -0.1) is 0 Å². The Morgan fingerprint density at radius 3 is 1.79 bits per heavy atom. The maximum absolute atomic E-state index is 11.9. The van der Waals surface area contributed by atoms with E-state index in [4.69, 9.17) is 9.47 Å². The second kappa shape index (κ2) is 32.2. The van der Waals surface area contributed by atoms with Crippen molar-refractivity contribution in [3.8, 4) is 0 Å². The maximum atomic E-state index is 11.9. The number of aliphatic hydroxyl groups excluding tert-OH is 2. The lowest BCUT2D eigenvalue weighted by atomic mass is 10.1. The van der Waals surface area contributed by atoms with Crippen molar-refractivity contribution in [3.05, 3.63) is 72.9 Å². The molecule has 0 aromatic heterocycles. The Labute approximate surface area is 262 Å². The molecule has 244 valence electrons. The number of rotatable bonds is 28. The molecule has 0 fully saturated rings. The number of hydrogen-bond acceptors (Lipinski definition) is 6. The summed E-state index contributed by atoms with van der Waals surface area (Å²) in [5.41, 5.74) is 0. The SMILES string of the molecule is CC/C=C\C/C=C\CC(O)/C=C/C=C\C/C=C\C/C=C\CCC(=O)OC[C@@H](O)COC(=O)CCCCCCCCCCC. The minimum Gasteiger partial charge on any atom is -0.463 e. The number of carbonyl (C=O) groups is 2. The number of ether oxygens (including phenoxy) is 2. The molecule has 0 saturated heterocycles. The molecule has 0 aliphatic rings. The van der Waals surface area contributed by atoms with Crippen molar-refractivity contribution in [3.63, 3.8) is 0 Å². The zero-order valence-corrected chi connectivity index (χ0v) is 27.0. The summed E-state index contributed by atoms with van der Waals surface area (Å²) in [5.74, 6) is -0.700. The molecule has 0 rings (SSSR count). The molecule has 1 unspecified atom stereocenters. The van der Waals surface area contributed by atoms with Gasteiger partial charge in [0.2, 0.25) is 0 Å². The van der Waals surface area contributed by atoms with Crippen LogP contribution in [0.2, 0.25) is 0 Å². The van der Waals surface area contributed by atoms with E-state index in [9.17, 15) is 19.8 Å². The van der Waals surface area contributed by atoms with Crippen LogP contribution < -0.4 is 0 Å². The standard InChI is InChI=1S/C37H60O6/c1-3-5-7-9-11-14-18-22-26-30-36(40)42-32-35(39)33-43-37(41)31-27-23-19-16-13-12-15-17-21-25-29-34(38)28-24-20-10-8-6-4-2/h6,8,12-13,17,19-21,23-25,29,34-35,38-39H,3-5,7,9-11,14-16,18,22,26-28,30-33H2,1-2H3/b8-6-,13-12-,21-17-,23-19-,24-20-,29-25+/t34?,35-/m0/s1. The van der Waals surface area contributed by atoms with Crippen LogP contribution >= 0.6 is 0 Å². The van der Waals surface area contributed by atoms with Gasteiger partial charge in [0.05, 0.1) is 6.10 Å². The van der Waals surface area contributed by atoms with Gasteiger partial charge in [-0.3, -0.25) is 9.59 Å². The summed E-state index contributed by atoms with van der Waals surface area (Å²) >= 11 is 0. The van der Waals surface area contributed by atoms with E-state index < -0.39 is 12.2 Å². The molecule has 0 spiro atoms. The van der Waals surface area contributed by atoms with Crippen LogP contribution in [0.4, 0.5) is 0 Å². The van der Waals surface area contributed by atoms with E-state index in [-0.39, 0.29) is 31.6 Å². The lowest BCUT2D eigenvalue weighted by Crippen LogP contribution is -2.25. The molecule has 0 amide bonds.